The average molecular weight is 501 g/mol. The van der Waals surface area contributed by atoms with Crippen molar-refractivity contribution < 1.29 is 29.0 Å². The van der Waals surface area contributed by atoms with Gasteiger partial charge in [0.05, 0.1) is 0 Å². The molecule has 1 aromatic heterocycles. The van der Waals surface area contributed by atoms with Crippen LogP contribution in [-0.4, -0.2) is 101 Å². The van der Waals surface area contributed by atoms with Crippen LogP contribution in [-0.2, 0) is 14.3 Å². The van der Waals surface area contributed by atoms with Gasteiger partial charge in [0.25, 0.3) is 18.3 Å². The molecule has 6 aliphatic heterocycles. The van der Waals surface area contributed by atoms with E-state index in [9.17, 15) is 24.3 Å². The zero-order valence-electron chi connectivity index (χ0n) is 20.0. The first-order valence-corrected chi connectivity index (χ1v) is 12.6. The summed E-state index contributed by atoms with van der Waals surface area (Å²) in [5, 5.41) is 22.9. The highest BCUT2D eigenvalue weighted by Gasteiger charge is 2.43. The molecule has 12 heteroatoms. The fourth-order valence-corrected chi connectivity index (χ4v) is 6.39. The molecule has 6 aliphatic rings. The first kappa shape index (κ1) is 24.6. The molecule has 7 rings (SSSR count). The number of nitrogens with one attached hydrogen (secondary N) is 2. The van der Waals surface area contributed by atoms with E-state index < -0.39 is 30.1 Å². The molecular formula is C24H32N6O6. The third-order valence-electron chi connectivity index (χ3n) is 8.39. The number of carbonyl (C=O) groups is 4. The fourth-order valence-electron chi connectivity index (χ4n) is 6.39. The lowest BCUT2D eigenvalue weighted by molar-refractivity contribution is -0.143. The lowest BCUT2D eigenvalue weighted by atomic mass is 9.75. The van der Waals surface area contributed by atoms with Crippen molar-refractivity contribution in [3.05, 3.63) is 23.5 Å². The summed E-state index contributed by atoms with van der Waals surface area (Å²) in [5.41, 5.74) is -0.100. The van der Waals surface area contributed by atoms with Gasteiger partial charge in [0, 0.05) is 24.9 Å². The van der Waals surface area contributed by atoms with E-state index >= 15 is 0 Å². The molecule has 0 radical (unpaired) electrons. The molecule has 4 bridgehead atoms. The van der Waals surface area contributed by atoms with Crippen molar-refractivity contribution in [2.45, 2.75) is 38.0 Å². The van der Waals surface area contributed by atoms with Crippen LogP contribution in [0.5, 0.6) is 0 Å². The molecule has 12 nitrogen and oxygen atoms in total. The Bertz CT molecular complexity index is 989. The van der Waals surface area contributed by atoms with Crippen molar-refractivity contribution in [2.24, 2.45) is 23.7 Å². The van der Waals surface area contributed by atoms with Gasteiger partial charge in [-0.3, -0.25) is 14.4 Å². The Balaban J connectivity index is 1.21. The van der Waals surface area contributed by atoms with Gasteiger partial charge in [-0.2, -0.15) is 0 Å². The number of aromatic nitrogens is 2. The molecule has 6 saturated heterocycles. The summed E-state index contributed by atoms with van der Waals surface area (Å²) < 4.78 is 5.22. The minimum Gasteiger partial charge on any atom is -0.480 e. The van der Waals surface area contributed by atoms with Crippen LogP contribution in [0.15, 0.2) is 12.1 Å². The first-order valence-electron chi connectivity index (χ1n) is 12.6. The molecule has 6 fully saturated rings. The second-order valence-corrected chi connectivity index (χ2v) is 10.3. The highest BCUT2D eigenvalue weighted by Crippen LogP contribution is 2.35. The number of carboxylic acids is 1. The van der Waals surface area contributed by atoms with E-state index in [2.05, 4.69) is 30.6 Å². The first-order chi connectivity index (χ1) is 17.4. The highest BCUT2D eigenvalue weighted by molar-refractivity contribution is 5.96. The molecule has 36 heavy (non-hydrogen) atoms. The molecule has 4 atom stereocenters. The number of hydrogen-bond donors (Lipinski definition) is 3. The Morgan fingerprint density at radius 1 is 0.889 bits per heavy atom. The zero-order chi connectivity index (χ0) is 25.2. The van der Waals surface area contributed by atoms with Gasteiger partial charge in [0.2, 0.25) is 0 Å². The largest absolute Gasteiger partial charge is 0.480 e. The summed E-state index contributed by atoms with van der Waals surface area (Å²) in [6.45, 7) is 5.70. The Labute approximate surface area is 208 Å². The summed E-state index contributed by atoms with van der Waals surface area (Å²) >= 11 is 0. The molecule has 0 saturated carbocycles. The molecule has 2 unspecified atom stereocenters. The summed E-state index contributed by atoms with van der Waals surface area (Å²) in [5.74, 6) is -1.80. The predicted octanol–water partition coefficient (Wildman–Crippen LogP) is -0.428. The molecule has 0 spiro atoms. The second kappa shape index (κ2) is 10.5. The maximum atomic E-state index is 12.8. The van der Waals surface area contributed by atoms with Crippen LogP contribution in [0.1, 0.15) is 46.7 Å². The number of hydrogen-bond acceptors (Lipinski definition) is 9. The van der Waals surface area contributed by atoms with Crippen LogP contribution in [0.2, 0.25) is 0 Å². The van der Waals surface area contributed by atoms with E-state index in [4.69, 9.17) is 4.74 Å². The highest BCUT2D eigenvalue weighted by atomic mass is 16.5. The van der Waals surface area contributed by atoms with Gasteiger partial charge in [-0.15, -0.1) is 10.2 Å². The number of ether oxygens (including phenoxy) is 1. The van der Waals surface area contributed by atoms with Gasteiger partial charge < -0.3 is 30.3 Å². The molecule has 3 N–H and O–H groups in total. The predicted molar refractivity (Wildman–Crippen MR) is 125 cm³/mol. The van der Waals surface area contributed by atoms with Gasteiger partial charge in [-0.1, -0.05) is 0 Å². The van der Waals surface area contributed by atoms with Gasteiger partial charge in [-0.25, -0.2) is 4.79 Å². The summed E-state index contributed by atoms with van der Waals surface area (Å²) in [4.78, 5) is 53.2. The van der Waals surface area contributed by atoms with Crippen molar-refractivity contribution >= 4 is 24.3 Å². The Morgan fingerprint density at radius 3 is 1.81 bits per heavy atom. The molecule has 194 valence electrons. The van der Waals surface area contributed by atoms with E-state index in [-0.39, 0.29) is 29.1 Å². The molecule has 0 aliphatic carbocycles. The van der Waals surface area contributed by atoms with E-state index in [0.29, 0.717) is 18.9 Å². The monoisotopic (exact) mass is 500 g/mol. The number of carbonyl (C=O) groups excluding carboxylic acids is 3. The van der Waals surface area contributed by atoms with Gasteiger partial charge >= 0.3 is 5.97 Å². The number of amides is 2. The number of nitrogens with zero attached hydrogens (tertiary/aromatic N) is 4. The lowest BCUT2D eigenvalue weighted by Gasteiger charge is -2.46. The summed E-state index contributed by atoms with van der Waals surface area (Å²) in [6.07, 6.45) is 3.09. The van der Waals surface area contributed by atoms with Crippen LogP contribution < -0.4 is 10.6 Å². The number of carboxylic acid groups (broad SMARTS) is 1. The molecule has 7 heterocycles. The third-order valence-corrected chi connectivity index (χ3v) is 8.39. The minimum absolute atomic E-state index is 0.000934. The van der Waals surface area contributed by atoms with Crippen molar-refractivity contribution in [3.8, 4) is 0 Å². The fraction of sp³-hybridized carbons (Fsp3) is 0.667. The minimum atomic E-state index is -1.07. The maximum absolute atomic E-state index is 12.8. The van der Waals surface area contributed by atoms with Crippen molar-refractivity contribution in [2.75, 3.05) is 39.3 Å². The average Bonchev–Trinajstić information content (AvgIpc) is 2.92. The molecule has 1 aromatic rings. The summed E-state index contributed by atoms with van der Waals surface area (Å²) in [7, 11) is 0. The Kier molecular flexibility index (Phi) is 7.15. The molecule has 0 aromatic carbocycles. The SMILES string of the molecule is O=COC(NC(=O)c1ccc(C(=O)NC(C(=O)O)[C@H]2CN3CCC2CC3)nn1)[C@H]1CN2CCC1CC2. The molecular weight excluding hydrogens is 468 g/mol. The maximum Gasteiger partial charge on any atom is 0.326 e. The van der Waals surface area contributed by atoms with E-state index in [1.54, 1.807) is 0 Å². The third kappa shape index (κ3) is 5.05. The quantitative estimate of drug-likeness (QED) is 0.301. The van der Waals surface area contributed by atoms with E-state index in [0.717, 1.165) is 58.4 Å². The summed E-state index contributed by atoms with van der Waals surface area (Å²) in [6, 6.07) is 1.69. The van der Waals surface area contributed by atoms with Crippen molar-refractivity contribution in [3.63, 3.8) is 0 Å². The van der Waals surface area contributed by atoms with Gasteiger partial charge in [0.15, 0.2) is 17.6 Å². The van der Waals surface area contributed by atoms with E-state index in [1.807, 2.05) is 0 Å². The van der Waals surface area contributed by atoms with Crippen LogP contribution in [0.4, 0.5) is 0 Å². The number of rotatable bonds is 9. The van der Waals surface area contributed by atoms with Gasteiger partial charge in [0.1, 0.15) is 6.04 Å². The van der Waals surface area contributed by atoms with Crippen molar-refractivity contribution in [1.29, 1.82) is 0 Å². The van der Waals surface area contributed by atoms with Crippen LogP contribution in [0, 0.1) is 23.7 Å². The number of fused-ring (bicyclic) bond motifs is 6. The normalized spacial score (nSPS) is 32.2. The number of piperidine rings is 6. The number of aliphatic carboxylic acids is 1. The van der Waals surface area contributed by atoms with E-state index in [1.165, 1.54) is 12.1 Å². The van der Waals surface area contributed by atoms with Crippen LogP contribution >= 0.6 is 0 Å². The van der Waals surface area contributed by atoms with Crippen LogP contribution in [0.25, 0.3) is 0 Å². The van der Waals surface area contributed by atoms with Gasteiger partial charge in [-0.05, 0) is 75.8 Å². The topological polar surface area (TPSA) is 154 Å². The Hall–Kier alpha value is -3.12. The van der Waals surface area contributed by atoms with Crippen LogP contribution in [0.3, 0.4) is 0 Å². The standard InChI is InChI=1S/C24H32N6O6/c31-13-36-23(17-12-30-9-5-15(17)6-10-30)26-22(33)19-2-1-18(27-28-19)21(32)25-20(24(34)35)16-11-29-7-3-14(16)4-8-29/h1-2,13-17,20,23H,3-12H2,(H,25,32)(H,26,33)(H,34,35)/t16-,17-,20?,23?/m0/s1. The van der Waals surface area contributed by atoms with Crippen molar-refractivity contribution in [1.82, 2.24) is 30.6 Å². The zero-order valence-corrected chi connectivity index (χ0v) is 20.0. The smallest absolute Gasteiger partial charge is 0.326 e. The second-order valence-electron chi connectivity index (χ2n) is 10.3. The molecule has 2 amide bonds. The lowest BCUT2D eigenvalue weighted by Crippen LogP contribution is -2.57. The Morgan fingerprint density at radius 2 is 1.39 bits per heavy atom.